The average Bonchev–Trinajstić information content (AvgIpc) is 3.33. The van der Waals surface area contributed by atoms with Crippen LogP contribution in [0.15, 0.2) is 11.8 Å². The lowest BCUT2D eigenvalue weighted by Gasteiger charge is -2.57. The highest BCUT2D eigenvalue weighted by Crippen LogP contribution is 2.57. The van der Waals surface area contributed by atoms with Gasteiger partial charge in [0.1, 0.15) is 5.76 Å². The highest BCUT2D eigenvalue weighted by molar-refractivity contribution is 6.46. The van der Waals surface area contributed by atoms with Crippen molar-refractivity contribution in [3.05, 3.63) is 40.0 Å². The van der Waals surface area contributed by atoms with Crippen molar-refractivity contribution in [2.75, 3.05) is 0 Å². The summed E-state index contributed by atoms with van der Waals surface area (Å²) < 4.78 is 3.47. The summed E-state index contributed by atoms with van der Waals surface area (Å²) in [7, 11) is 3.68. The van der Waals surface area contributed by atoms with Crippen molar-refractivity contribution in [3.63, 3.8) is 0 Å². The zero-order valence-corrected chi connectivity index (χ0v) is 20.6. The van der Waals surface area contributed by atoms with Crippen LogP contribution in [0.3, 0.4) is 0 Å². The first-order valence-electron chi connectivity index (χ1n) is 12.5. The lowest BCUT2D eigenvalue weighted by Crippen LogP contribution is -2.57. The van der Waals surface area contributed by atoms with Crippen LogP contribution in [0.5, 0.6) is 0 Å². The highest BCUT2D eigenvalue weighted by atomic mass is 16.3. The monoisotopic (exact) mass is 463 g/mol. The van der Waals surface area contributed by atoms with E-state index in [9.17, 15) is 14.7 Å². The number of carbonyl (C=O) groups is 2. The van der Waals surface area contributed by atoms with Crippen molar-refractivity contribution in [2.24, 2.45) is 37.8 Å². The maximum atomic E-state index is 13.7. The van der Waals surface area contributed by atoms with Gasteiger partial charge in [-0.15, -0.1) is 0 Å². The Labute approximate surface area is 199 Å². The molecule has 5 aliphatic rings. The number of hydrogen-bond donors (Lipinski definition) is 1. The van der Waals surface area contributed by atoms with E-state index in [0.717, 1.165) is 54.5 Å². The number of Topliss-reactive ketones (excluding diaryl/α,β-unsaturated/α-hetero) is 1. The Balaban J connectivity index is 1.55. The summed E-state index contributed by atoms with van der Waals surface area (Å²) in [6.07, 6.45) is 7.63. The maximum Gasteiger partial charge on any atom is 0.295 e. The Bertz CT molecular complexity index is 1220. The van der Waals surface area contributed by atoms with Gasteiger partial charge in [-0.05, 0) is 76.5 Å². The molecular formula is C26H33N5O3. The predicted octanol–water partition coefficient (Wildman–Crippen LogP) is 3.33. The second-order valence-electron chi connectivity index (χ2n) is 11.1. The number of rotatable bonds is 3. The average molecular weight is 464 g/mol. The predicted molar refractivity (Wildman–Crippen MR) is 126 cm³/mol. The standard InChI is InChI=1S/C26H33N5O3/c1-12-20(14(3)30(5)28-12)24(32)21-23(19-11-27-29(4)13(19)2)31(26(34)25(21)33)22-17-7-15-6-16(9-17)10-18(22)8-15/h11,15-18,22-23,32H,6-10H2,1-5H3. The molecule has 5 fully saturated rings. The number of aromatic nitrogens is 4. The van der Waals surface area contributed by atoms with Crippen LogP contribution < -0.4 is 0 Å². The second kappa shape index (κ2) is 7.30. The van der Waals surface area contributed by atoms with Gasteiger partial charge in [0.15, 0.2) is 0 Å². The van der Waals surface area contributed by atoms with Crippen molar-refractivity contribution in [1.29, 1.82) is 0 Å². The van der Waals surface area contributed by atoms with Gasteiger partial charge in [-0.1, -0.05) is 0 Å². The van der Waals surface area contributed by atoms with Gasteiger partial charge < -0.3 is 10.0 Å². The number of amides is 1. The lowest BCUT2D eigenvalue weighted by molar-refractivity contribution is -0.148. The van der Waals surface area contributed by atoms with E-state index >= 15 is 0 Å². The molecule has 0 radical (unpaired) electrons. The van der Waals surface area contributed by atoms with Gasteiger partial charge in [0.05, 0.1) is 29.1 Å². The zero-order valence-electron chi connectivity index (χ0n) is 20.6. The molecule has 8 heteroatoms. The minimum absolute atomic E-state index is 0.0373. The van der Waals surface area contributed by atoms with Crippen LogP contribution in [0.1, 0.15) is 66.4 Å². The van der Waals surface area contributed by atoms with Crippen molar-refractivity contribution in [1.82, 2.24) is 24.5 Å². The normalized spacial score (nSPS) is 34.0. The van der Waals surface area contributed by atoms with Gasteiger partial charge in [0, 0.05) is 37.1 Å². The smallest absolute Gasteiger partial charge is 0.295 e. The van der Waals surface area contributed by atoms with Crippen LogP contribution in [0, 0.1) is 44.4 Å². The molecule has 180 valence electrons. The van der Waals surface area contributed by atoms with E-state index in [1.54, 1.807) is 15.6 Å². The van der Waals surface area contributed by atoms with Gasteiger partial charge >= 0.3 is 0 Å². The topological polar surface area (TPSA) is 93.2 Å². The molecule has 1 amide bonds. The maximum absolute atomic E-state index is 13.7. The molecule has 1 atom stereocenters. The van der Waals surface area contributed by atoms with Gasteiger partial charge in [-0.2, -0.15) is 10.2 Å². The van der Waals surface area contributed by atoms with Crippen LogP contribution in [-0.2, 0) is 23.7 Å². The van der Waals surface area contributed by atoms with E-state index in [-0.39, 0.29) is 17.4 Å². The lowest BCUT2D eigenvalue weighted by atomic mass is 9.53. The third-order valence-electron chi connectivity index (χ3n) is 9.29. The van der Waals surface area contributed by atoms with E-state index in [2.05, 4.69) is 10.2 Å². The molecule has 1 unspecified atom stereocenters. The van der Waals surface area contributed by atoms with Gasteiger partial charge in [0.2, 0.25) is 0 Å². The van der Waals surface area contributed by atoms with Crippen LogP contribution >= 0.6 is 0 Å². The fourth-order valence-corrected chi connectivity index (χ4v) is 7.85. The molecule has 0 spiro atoms. The molecule has 1 saturated heterocycles. The number of aryl methyl sites for hydroxylation is 3. The molecule has 4 bridgehead atoms. The number of aliphatic hydroxyl groups excluding tert-OH is 1. The molecule has 4 aliphatic carbocycles. The third-order valence-corrected chi connectivity index (χ3v) is 9.29. The summed E-state index contributed by atoms with van der Waals surface area (Å²) in [5.41, 5.74) is 3.83. The van der Waals surface area contributed by atoms with Crippen LogP contribution in [0.2, 0.25) is 0 Å². The van der Waals surface area contributed by atoms with Crippen LogP contribution in [0.25, 0.3) is 5.76 Å². The summed E-state index contributed by atoms with van der Waals surface area (Å²) >= 11 is 0. The highest BCUT2D eigenvalue weighted by Gasteiger charge is 2.57. The summed E-state index contributed by atoms with van der Waals surface area (Å²) in [6, 6.07) is -0.592. The fourth-order valence-electron chi connectivity index (χ4n) is 7.85. The number of hydrogen-bond acceptors (Lipinski definition) is 5. The van der Waals surface area contributed by atoms with E-state index < -0.39 is 17.7 Å². The van der Waals surface area contributed by atoms with E-state index in [4.69, 9.17) is 0 Å². The number of carbonyl (C=O) groups excluding carboxylic acids is 2. The van der Waals surface area contributed by atoms with E-state index in [1.807, 2.05) is 39.8 Å². The molecular weight excluding hydrogens is 430 g/mol. The molecule has 8 nitrogen and oxygen atoms in total. The van der Waals surface area contributed by atoms with Crippen LogP contribution in [0.4, 0.5) is 0 Å². The largest absolute Gasteiger partial charge is 0.507 e. The minimum Gasteiger partial charge on any atom is -0.507 e. The third kappa shape index (κ3) is 2.83. The minimum atomic E-state index is -0.629. The Hall–Kier alpha value is -2.90. The van der Waals surface area contributed by atoms with Crippen molar-refractivity contribution in [2.45, 2.75) is 65.0 Å². The first-order chi connectivity index (χ1) is 16.2. The van der Waals surface area contributed by atoms with E-state index in [0.29, 0.717) is 23.1 Å². The first-order valence-corrected chi connectivity index (χ1v) is 12.5. The Morgan fingerprint density at radius 2 is 1.56 bits per heavy atom. The van der Waals surface area contributed by atoms with Gasteiger partial charge in [-0.3, -0.25) is 19.0 Å². The molecule has 2 aromatic rings. The van der Waals surface area contributed by atoms with Crippen molar-refractivity contribution >= 4 is 17.4 Å². The molecule has 1 aliphatic heterocycles. The quantitative estimate of drug-likeness (QED) is 0.428. The molecule has 34 heavy (non-hydrogen) atoms. The molecule has 1 N–H and O–H groups in total. The zero-order chi connectivity index (χ0) is 24.0. The van der Waals surface area contributed by atoms with Crippen molar-refractivity contribution < 1.29 is 14.7 Å². The first kappa shape index (κ1) is 21.6. The molecule has 2 aromatic heterocycles. The molecule has 0 aromatic carbocycles. The SMILES string of the molecule is Cc1nn(C)c(C)c1C(O)=C1C(=O)C(=O)N(C2C3CC4CC(C3)CC2C4)C1c1cnn(C)c1C. The molecule has 7 rings (SSSR count). The number of ketones is 1. The molecule has 3 heterocycles. The fraction of sp³-hybridized carbons (Fsp3) is 0.615. The van der Waals surface area contributed by atoms with Gasteiger partial charge in [-0.25, -0.2) is 0 Å². The Morgan fingerprint density at radius 3 is 2.06 bits per heavy atom. The number of aliphatic hydroxyl groups is 1. The number of nitrogens with zero attached hydrogens (tertiary/aromatic N) is 5. The summed E-state index contributed by atoms with van der Waals surface area (Å²) in [4.78, 5) is 29.2. The summed E-state index contributed by atoms with van der Waals surface area (Å²) in [5, 5.41) is 20.4. The van der Waals surface area contributed by atoms with Gasteiger partial charge in [0.25, 0.3) is 11.7 Å². The van der Waals surface area contributed by atoms with E-state index in [1.165, 1.54) is 6.42 Å². The van der Waals surface area contributed by atoms with Crippen LogP contribution in [-0.4, -0.2) is 47.3 Å². The second-order valence-corrected chi connectivity index (χ2v) is 11.1. The summed E-state index contributed by atoms with van der Waals surface area (Å²) in [6.45, 7) is 5.65. The Morgan fingerprint density at radius 1 is 0.941 bits per heavy atom. The molecule has 4 saturated carbocycles. The van der Waals surface area contributed by atoms with Crippen molar-refractivity contribution in [3.8, 4) is 0 Å². The summed E-state index contributed by atoms with van der Waals surface area (Å²) in [5.74, 6) is 1.17. The Kier molecular flexibility index (Phi) is 4.64. The number of likely N-dealkylation sites (tertiary alicyclic amines) is 1.